The number of aliphatic hydroxyl groups excluding tert-OH is 1. The highest BCUT2D eigenvalue weighted by molar-refractivity contribution is 5.78. The van der Waals surface area contributed by atoms with Gasteiger partial charge in [0.15, 0.2) is 0 Å². The minimum atomic E-state index is -0.149. The summed E-state index contributed by atoms with van der Waals surface area (Å²) in [5, 5.41) is 8.87. The number of hydrogen-bond donors (Lipinski definition) is 1. The van der Waals surface area contributed by atoms with Gasteiger partial charge in [-0.1, -0.05) is 20.8 Å². The van der Waals surface area contributed by atoms with Gasteiger partial charge in [0.1, 0.15) is 5.78 Å². The number of rotatable bonds is 4. The highest BCUT2D eigenvalue weighted by atomic mass is 16.3. The Morgan fingerprint density at radius 2 is 1.92 bits per heavy atom. The van der Waals surface area contributed by atoms with Crippen molar-refractivity contribution < 1.29 is 9.90 Å². The van der Waals surface area contributed by atoms with Crippen LogP contribution < -0.4 is 0 Å². The first kappa shape index (κ1) is 11.6. The lowest BCUT2D eigenvalue weighted by Gasteiger charge is -2.20. The summed E-state index contributed by atoms with van der Waals surface area (Å²) in [6.45, 7) is 7.96. The zero-order valence-electron chi connectivity index (χ0n) is 8.55. The van der Waals surface area contributed by atoms with Crippen molar-refractivity contribution in [1.82, 2.24) is 0 Å². The average molecular weight is 172 g/mol. The Balaban J connectivity index is 3.81. The third-order valence-corrected chi connectivity index (χ3v) is 2.04. The first-order valence-electron chi connectivity index (χ1n) is 4.48. The van der Waals surface area contributed by atoms with Gasteiger partial charge in [0, 0.05) is 5.92 Å². The van der Waals surface area contributed by atoms with E-state index >= 15 is 0 Å². The van der Waals surface area contributed by atoms with Crippen LogP contribution >= 0.6 is 0 Å². The molecule has 0 heterocycles. The Labute approximate surface area is 75.0 Å². The molecule has 2 nitrogen and oxygen atoms in total. The van der Waals surface area contributed by atoms with Gasteiger partial charge in [0.25, 0.3) is 0 Å². The maximum absolute atomic E-state index is 10.9. The Hall–Kier alpha value is -0.370. The van der Waals surface area contributed by atoms with Gasteiger partial charge in [-0.2, -0.15) is 0 Å². The average Bonchev–Trinajstić information content (AvgIpc) is 1.85. The molecule has 1 N–H and O–H groups in total. The van der Waals surface area contributed by atoms with Crippen LogP contribution in [0.2, 0.25) is 0 Å². The van der Waals surface area contributed by atoms with Gasteiger partial charge >= 0.3 is 0 Å². The van der Waals surface area contributed by atoms with Crippen LogP contribution in [0.15, 0.2) is 0 Å². The zero-order valence-corrected chi connectivity index (χ0v) is 8.55. The molecule has 0 unspecified atom stereocenters. The van der Waals surface area contributed by atoms with Gasteiger partial charge in [-0.15, -0.1) is 0 Å². The predicted octanol–water partition coefficient (Wildman–Crippen LogP) is 2.01. The van der Waals surface area contributed by atoms with E-state index in [1.165, 1.54) is 0 Å². The maximum Gasteiger partial charge on any atom is 0.135 e. The monoisotopic (exact) mass is 172 g/mol. The molecule has 0 aliphatic rings. The third-order valence-electron chi connectivity index (χ3n) is 2.04. The molecular formula is C10H20O2. The lowest BCUT2D eigenvalue weighted by atomic mass is 9.86. The van der Waals surface area contributed by atoms with E-state index in [1.54, 1.807) is 6.92 Å². The Bertz CT molecular complexity index is 144. The van der Waals surface area contributed by atoms with E-state index in [9.17, 15) is 4.79 Å². The number of ketones is 1. The normalized spacial score (nSPS) is 14.4. The Morgan fingerprint density at radius 3 is 2.17 bits per heavy atom. The van der Waals surface area contributed by atoms with Gasteiger partial charge in [-0.3, -0.25) is 4.79 Å². The van der Waals surface area contributed by atoms with Crippen molar-refractivity contribution in [2.75, 3.05) is 6.61 Å². The molecule has 0 aliphatic heterocycles. The fourth-order valence-electron chi connectivity index (χ4n) is 1.03. The summed E-state index contributed by atoms with van der Waals surface area (Å²) in [6, 6.07) is 0. The SMILES string of the molecule is CC(=O)[C@H](CO)CCC(C)(C)C. The predicted molar refractivity (Wildman–Crippen MR) is 49.9 cm³/mol. The van der Waals surface area contributed by atoms with E-state index in [2.05, 4.69) is 20.8 Å². The van der Waals surface area contributed by atoms with Crippen LogP contribution in [0.5, 0.6) is 0 Å². The first-order chi connectivity index (χ1) is 5.37. The molecule has 72 valence electrons. The van der Waals surface area contributed by atoms with Crippen molar-refractivity contribution in [3.63, 3.8) is 0 Å². The van der Waals surface area contributed by atoms with E-state index in [1.807, 2.05) is 0 Å². The summed E-state index contributed by atoms with van der Waals surface area (Å²) in [4.78, 5) is 10.9. The molecule has 0 radical (unpaired) electrons. The van der Waals surface area contributed by atoms with Crippen LogP contribution in [-0.2, 0) is 4.79 Å². The zero-order chi connectivity index (χ0) is 9.78. The summed E-state index contributed by atoms with van der Waals surface area (Å²) in [7, 11) is 0. The molecule has 0 saturated heterocycles. The Kier molecular flexibility index (Phi) is 4.46. The highest BCUT2D eigenvalue weighted by Gasteiger charge is 2.17. The van der Waals surface area contributed by atoms with Crippen LogP contribution in [0, 0.1) is 11.3 Å². The molecular weight excluding hydrogens is 152 g/mol. The second kappa shape index (κ2) is 4.61. The smallest absolute Gasteiger partial charge is 0.135 e. The largest absolute Gasteiger partial charge is 0.396 e. The number of Topliss-reactive ketones (excluding diaryl/α,β-unsaturated/α-hetero) is 1. The lowest BCUT2D eigenvalue weighted by Crippen LogP contribution is -2.18. The van der Waals surface area contributed by atoms with Crippen molar-refractivity contribution in [2.45, 2.75) is 40.5 Å². The molecule has 0 saturated carbocycles. The van der Waals surface area contributed by atoms with Crippen molar-refractivity contribution in [3.05, 3.63) is 0 Å². The van der Waals surface area contributed by atoms with E-state index in [0.717, 1.165) is 12.8 Å². The summed E-state index contributed by atoms with van der Waals surface area (Å²) in [6.07, 6.45) is 1.78. The second-order valence-electron chi connectivity index (χ2n) is 4.59. The number of carbonyl (C=O) groups excluding carboxylic acids is 1. The molecule has 0 spiro atoms. The van der Waals surface area contributed by atoms with Crippen molar-refractivity contribution >= 4 is 5.78 Å². The summed E-state index contributed by atoms with van der Waals surface area (Å²) in [5.74, 6) is -0.0500. The highest BCUT2D eigenvalue weighted by Crippen LogP contribution is 2.23. The maximum atomic E-state index is 10.9. The summed E-state index contributed by atoms with van der Waals surface area (Å²) < 4.78 is 0. The fourth-order valence-corrected chi connectivity index (χ4v) is 1.03. The molecule has 0 bridgehead atoms. The fraction of sp³-hybridized carbons (Fsp3) is 0.900. The molecule has 12 heavy (non-hydrogen) atoms. The van der Waals surface area contributed by atoms with Gasteiger partial charge in [-0.05, 0) is 25.2 Å². The minimum Gasteiger partial charge on any atom is -0.396 e. The van der Waals surface area contributed by atoms with Crippen molar-refractivity contribution in [3.8, 4) is 0 Å². The quantitative estimate of drug-likeness (QED) is 0.704. The molecule has 0 aromatic carbocycles. The van der Waals surface area contributed by atoms with Crippen molar-refractivity contribution in [2.24, 2.45) is 11.3 Å². The number of carbonyl (C=O) groups is 1. The van der Waals surface area contributed by atoms with E-state index in [-0.39, 0.29) is 23.7 Å². The second-order valence-corrected chi connectivity index (χ2v) is 4.59. The van der Waals surface area contributed by atoms with Crippen LogP contribution in [0.3, 0.4) is 0 Å². The molecule has 0 rings (SSSR count). The first-order valence-corrected chi connectivity index (χ1v) is 4.48. The van der Waals surface area contributed by atoms with Gasteiger partial charge in [0.2, 0.25) is 0 Å². The van der Waals surface area contributed by atoms with Crippen LogP contribution in [0.25, 0.3) is 0 Å². The number of aliphatic hydroxyl groups is 1. The van der Waals surface area contributed by atoms with Crippen LogP contribution in [0.4, 0.5) is 0 Å². The van der Waals surface area contributed by atoms with Crippen LogP contribution in [-0.4, -0.2) is 17.5 Å². The third kappa shape index (κ3) is 5.30. The molecule has 0 aliphatic carbocycles. The minimum absolute atomic E-state index is 0.00852. The topological polar surface area (TPSA) is 37.3 Å². The lowest BCUT2D eigenvalue weighted by molar-refractivity contribution is -0.122. The van der Waals surface area contributed by atoms with Crippen LogP contribution in [0.1, 0.15) is 40.5 Å². The van der Waals surface area contributed by atoms with E-state index in [4.69, 9.17) is 5.11 Å². The summed E-state index contributed by atoms with van der Waals surface area (Å²) >= 11 is 0. The molecule has 1 atom stereocenters. The molecule has 0 fully saturated rings. The van der Waals surface area contributed by atoms with E-state index in [0.29, 0.717) is 0 Å². The Morgan fingerprint density at radius 1 is 1.42 bits per heavy atom. The van der Waals surface area contributed by atoms with Gasteiger partial charge in [0.05, 0.1) is 6.61 Å². The number of hydrogen-bond acceptors (Lipinski definition) is 2. The van der Waals surface area contributed by atoms with Gasteiger partial charge in [-0.25, -0.2) is 0 Å². The van der Waals surface area contributed by atoms with E-state index < -0.39 is 0 Å². The molecule has 0 aromatic heterocycles. The standard InChI is InChI=1S/C10H20O2/c1-8(12)9(7-11)5-6-10(2,3)4/h9,11H,5-7H2,1-4H3/t9-/m0/s1. The molecule has 0 aromatic rings. The molecule has 2 heteroatoms. The summed E-state index contributed by atoms with van der Waals surface area (Å²) in [5.41, 5.74) is 0.253. The van der Waals surface area contributed by atoms with Gasteiger partial charge < -0.3 is 5.11 Å². The molecule has 0 amide bonds. The van der Waals surface area contributed by atoms with Crippen molar-refractivity contribution in [1.29, 1.82) is 0 Å².